The number of nitrogens with zero attached hydrogens (tertiary/aromatic N) is 2. The van der Waals surface area contributed by atoms with Crippen molar-refractivity contribution in [3.63, 3.8) is 0 Å². The first kappa shape index (κ1) is 21.2. The zero-order chi connectivity index (χ0) is 19.9. The molecular formula is C19H24ClN3O3S. The van der Waals surface area contributed by atoms with Crippen LogP contribution in [-0.4, -0.2) is 52.4 Å². The number of likely N-dealkylation sites (N-methyl/N-ethyl adjacent to an activating group) is 1. The molecule has 2 aromatic rings. The van der Waals surface area contributed by atoms with Crippen molar-refractivity contribution in [2.45, 2.75) is 11.3 Å². The monoisotopic (exact) mass is 409 g/mol. The van der Waals surface area contributed by atoms with Crippen LogP contribution < -0.4 is 10.2 Å². The minimum absolute atomic E-state index is 0.103. The van der Waals surface area contributed by atoms with Crippen molar-refractivity contribution in [3.8, 4) is 0 Å². The molecule has 0 radical (unpaired) electrons. The summed E-state index contributed by atoms with van der Waals surface area (Å²) in [7, 11) is -0.354. The minimum Gasteiger partial charge on any atom is -0.375 e. The van der Waals surface area contributed by atoms with E-state index in [0.717, 1.165) is 23.0 Å². The summed E-state index contributed by atoms with van der Waals surface area (Å²) in [6.45, 7) is 1.02. The number of anilines is 1. The number of carbonyl (C=O) groups excluding carboxylic acids is 1. The Hall–Kier alpha value is -2.09. The van der Waals surface area contributed by atoms with Crippen LogP contribution in [-0.2, 0) is 14.8 Å². The molecule has 27 heavy (non-hydrogen) atoms. The van der Waals surface area contributed by atoms with E-state index in [4.69, 9.17) is 11.6 Å². The van der Waals surface area contributed by atoms with Crippen LogP contribution in [0.1, 0.15) is 6.42 Å². The van der Waals surface area contributed by atoms with Gasteiger partial charge in [-0.3, -0.25) is 4.79 Å². The summed E-state index contributed by atoms with van der Waals surface area (Å²) in [4.78, 5) is 14.3. The molecule has 0 heterocycles. The molecule has 2 aromatic carbocycles. The van der Waals surface area contributed by atoms with E-state index in [1.165, 1.54) is 31.3 Å². The second-order valence-electron chi connectivity index (χ2n) is 6.18. The molecule has 0 aromatic heterocycles. The first-order chi connectivity index (χ1) is 12.8. The van der Waals surface area contributed by atoms with Crippen molar-refractivity contribution < 1.29 is 13.2 Å². The molecule has 2 rings (SSSR count). The van der Waals surface area contributed by atoms with Crippen molar-refractivity contribution in [3.05, 3.63) is 59.6 Å². The van der Waals surface area contributed by atoms with Crippen LogP contribution in [0.25, 0.3) is 0 Å². The second-order valence-corrected chi connectivity index (χ2v) is 8.66. The molecule has 0 saturated carbocycles. The van der Waals surface area contributed by atoms with Crippen molar-refractivity contribution in [1.29, 1.82) is 0 Å². The zero-order valence-corrected chi connectivity index (χ0v) is 17.0. The summed E-state index contributed by atoms with van der Waals surface area (Å²) < 4.78 is 25.9. The maximum atomic E-state index is 12.5. The van der Waals surface area contributed by atoms with Crippen molar-refractivity contribution in [2.24, 2.45) is 0 Å². The van der Waals surface area contributed by atoms with Gasteiger partial charge in [0.05, 0.1) is 11.4 Å². The summed E-state index contributed by atoms with van der Waals surface area (Å²) >= 11 is 5.78. The lowest BCUT2D eigenvalue weighted by Gasteiger charge is -2.20. The largest absolute Gasteiger partial charge is 0.375 e. The van der Waals surface area contributed by atoms with E-state index in [1.54, 1.807) is 0 Å². The van der Waals surface area contributed by atoms with Gasteiger partial charge in [-0.2, -0.15) is 4.31 Å². The van der Waals surface area contributed by atoms with E-state index in [-0.39, 0.29) is 17.3 Å². The number of benzene rings is 2. The van der Waals surface area contributed by atoms with Gasteiger partial charge in [0, 0.05) is 37.9 Å². The van der Waals surface area contributed by atoms with Gasteiger partial charge >= 0.3 is 0 Å². The van der Waals surface area contributed by atoms with Crippen molar-refractivity contribution in [1.82, 2.24) is 9.62 Å². The molecule has 0 fully saturated rings. The van der Waals surface area contributed by atoms with Gasteiger partial charge in [0.15, 0.2) is 0 Å². The minimum atomic E-state index is -3.73. The second kappa shape index (κ2) is 9.73. The summed E-state index contributed by atoms with van der Waals surface area (Å²) in [6.07, 6.45) is 0.755. The van der Waals surface area contributed by atoms with Crippen LogP contribution in [0.3, 0.4) is 0 Å². The van der Waals surface area contributed by atoms with E-state index in [9.17, 15) is 13.2 Å². The highest BCUT2D eigenvalue weighted by Gasteiger charge is 2.22. The molecule has 0 atom stereocenters. The Labute approximate surface area is 165 Å². The lowest BCUT2D eigenvalue weighted by atomic mass is 10.3. The Morgan fingerprint density at radius 2 is 1.67 bits per heavy atom. The molecule has 1 amide bonds. The lowest BCUT2D eigenvalue weighted by molar-refractivity contribution is -0.121. The van der Waals surface area contributed by atoms with Crippen LogP contribution in [0.2, 0.25) is 5.02 Å². The standard InChI is InChI=1S/C19H24ClN3O3S/c1-22(17-7-4-3-5-8-17)14-6-13-21-19(24)15-23(2)27(25,26)18-11-9-16(20)10-12-18/h3-5,7-12H,6,13-15H2,1-2H3,(H,21,24). The molecular weight excluding hydrogens is 386 g/mol. The van der Waals surface area contributed by atoms with Gasteiger partial charge in [0.1, 0.15) is 0 Å². The average Bonchev–Trinajstić information content (AvgIpc) is 2.66. The van der Waals surface area contributed by atoms with Crippen molar-refractivity contribution in [2.75, 3.05) is 38.6 Å². The highest BCUT2D eigenvalue weighted by Crippen LogP contribution is 2.17. The van der Waals surface area contributed by atoms with Gasteiger partial charge in [-0.05, 0) is 42.8 Å². The summed E-state index contributed by atoms with van der Waals surface area (Å²) in [6, 6.07) is 15.8. The molecule has 146 valence electrons. The van der Waals surface area contributed by atoms with Crippen molar-refractivity contribution >= 4 is 33.2 Å². The van der Waals surface area contributed by atoms with E-state index < -0.39 is 10.0 Å². The number of carbonyl (C=O) groups is 1. The summed E-state index contributed by atoms with van der Waals surface area (Å²) in [5.41, 5.74) is 1.11. The van der Waals surface area contributed by atoms with Gasteiger partial charge in [-0.25, -0.2) is 8.42 Å². The molecule has 0 bridgehead atoms. The van der Waals surface area contributed by atoms with E-state index in [0.29, 0.717) is 11.6 Å². The molecule has 6 nitrogen and oxygen atoms in total. The van der Waals surface area contributed by atoms with Crippen LogP contribution in [0.4, 0.5) is 5.69 Å². The van der Waals surface area contributed by atoms with Gasteiger partial charge in [-0.1, -0.05) is 29.8 Å². The van der Waals surface area contributed by atoms with Crippen LogP contribution in [0, 0.1) is 0 Å². The Morgan fingerprint density at radius 1 is 1.04 bits per heavy atom. The Bertz CT molecular complexity index is 842. The molecule has 0 aliphatic carbocycles. The topological polar surface area (TPSA) is 69.7 Å². The molecule has 0 spiro atoms. The fourth-order valence-corrected chi connectivity index (χ4v) is 3.74. The number of halogens is 1. The number of nitrogens with one attached hydrogen (secondary N) is 1. The number of hydrogen-bond acceptors (Lipinski definition) is 4. The third kappa shape index (κ3) is 6.23. The normalized spacial score (nSPS) is 11.4. The zero-order valence-electron chi connectivity index (χ0n) is 15.4. The van der Waals surface area contributed by atoms with Crippen LogP contribution in [0.5, 0.6) is 0 Å². The first-order valence-corrected chi connectivity index (χ1v) is 10.4. The first-order valence-electron chi connectivity index (χ1n) is 8.55. The molecule has 0 saturated heterocycles. The highest BCUT2D eigenvalue weighted by molar-refractivity contribution is 7.89. The van der Waals surface area contributed by atoms with E-state index >= 15 is 0 Å². The third-order valence-electron chi connectivity index (χ3n) is 4.08. The van der Waals surface area contributed by atoms with Gasteiger partial charge in [-0.15, -0.1) is 0 Å². The fraction of sp³-hybridized carbons (Fsp3) is 0.316. The molecule has 8 heteroatoms. The SMILES string of the molecule is CN(CCCNC(=O)CN(C)S(=O)(=O)c1ccc(Cl)cc1)c1ccccc1. The highest BCUT2D eigenvalue weighted by atomic mass is 35.5. The van der Waals surface area contributed by atoms with Crippen LogP contribution in [0.15, 0.2) is 59.5 Å². The number of rotatable bonds is 9. The Morgan fingerprint density at radius 3 is 2.30 bits per heavy atom. The number of para-hydroxylation sites is 1. The third-order valence-corrected chi connectivity index (χ3v) is 6.15. The molecule has 1 N–H and O–H groups in total. The lowest BCUT2D eigenvalue weighted by Crippen LogP contribution is -2.39. The maximum Gasteiger partial charge on any atom is 0.243 e. The number of amides is 1. The quantitative estimate of drug-likeness (QED) is 0.646. The predicted molar refractivity (Wildman–Crippen MR) is 109 cm³/mol. The molecule has 0 aliphatic rings. The maximum absolute atomic E-state index is 12.5. The number of sulfonamides is 1. The summed E-state index contributed by atoms with van der Waals surface area (Å²) in [5, 5.41) is 3.21. The Balaban J connectivity index is 1.77. The van der Waals surface area contributed by atoms with Gasteiger partial charge in [0.25, 0.3) is 0 Å². The Kier molecular flexibility index (Phi) is 7.65. The fourth-order valence-electron chi connectivity index (χ4n) is 2.49. The predicted octanol–water partition coefficient (Wildman–Crippen LogP) is 2.60. The van der Waals surface area contributed by atoms with Crippen LogP contribution >= 0.6 is 11.6 Å². The average molecular weight is 410 g/mol. The van der Waals surface area contributed by atoms with E-state index in [2.05, 4.69) is 10.2 Å². The molecule has 0 aliphatic heterocycles. The number of hydrogen-bond donors (Lipinski definition) is 1. The smallest absolute Gasteiger partial charge is 0.243 e. The molecule has 0 unspecified atom stereocenters. The van der Waals surface area contributed by atoms with E-state index in [1.807, 2.05) is 37.4 Å². The van der Waals surface area contributed by atoms with Gasteiger partial charge < -0.3 is 10.2 Å². The van der Waals surface area contributed by atoms with Gasteiger partial charge in [0.2, 0.25) is 15.9 Å². The summed E-state index contributed by atoms with van der Waals surface area (Å²) in [5.74, 6) is -0.336.